The van der Waals surface area contributed by atoms with Crippen LogP contribution in [0.25, 0.3) is 24.3 Å². The molecule has 4 aliphatic rings. The van der Waals surface area contributed by atoms with Crippen molar-refractivity contribution < 1.29 is 63.7 Å². The fourth-order valence-electron chi connectivity index (χ4n) is 12.5. The first-order valence-corrected chi connectivity index (χ1v) is 56.9. The summed E-state index contributed by atoms with van der Waals surface area (Å²) in [5.74, 6) is -0.672. The van der Waals surface area contributed by atoms with E-state index in [1.54, 1.807) is 33.4 Å². The Hall–Kier alpha value is -1.19. The molecule has 0 aromatic heterocycles. The van der Waals surface area contributed by atoms with Gasteiger partial charge in [-0.3, -0.25) is 0 Å². The monoisotopic (exact) mass is 1210 g/mol. The molecule has 0 heterocycles. The predicted molar refractivity (Wildman–Crippen MR) is 256 cm³/mol. The van der Waals surface area contributed by atoms with Gasteiger partial charge in [-0.05, 0) is 0 Å². The van der Waals surface area contributed by atoms with Crippen LogP contribution in [0.15, 0.2) is 72.8 Å². The second kappa shape index (κ2) is 18.1. The summed E-state index contributed by atoms with van der Waals surface area (Å²) in [5.41, 5.74) is 24.9. The van der Waals surface area contributed by atoms with Gasteiger partial charge in [-0.25, -0.2) is 0 Å². The van der Waals surface area contributed by atoms with Gasteiger partial charge in [-0.2, -0.15) is 0 Å². The van der Waals surface area contributed by atoms with E-state index >= 15 is 0 Å². The molecule has 4 atom stereocenters. The molecule has 0 nitrogen and oxygen atoms in total. The summed E-state index contributed by atoms with van der Waals surface area (Å²) in [5, 5.41) is -2.88. The van der Waals surface area contributed by atoms with E-state index in [2.05, 4.69) is 205 Å². The van der Waals surface area contributed by atoms with Gasteiger partial charge < -0.3 is 24.8 Å². The fourth-order valence-corrected chi connectivity index (χ4v) is 187. The van der Waals surface area contributed by atoms with Crippen molar-refractivity contribution in [3.8, 4) is 0 Å². The van der Waals surface area contributed by atoms with Crippen LogP contribution < -0.4 is 24.8 Å². The molecule has 4 aromatic carbocycles. The van der Waals surface area contributed by atoms with Crippen LogP contribution in [0.4, 0.5) is 0 Å². The number of allylic oxidation sites excluding steroid dienone is 4. The number of hydrogen-bond donors (Lipinski definition) is 0. The molecule has 0 bridgehead atoms. The third-order valence-corrected chi connectivity index (χ3v) is 161. The molecule has 4 aromatic rings. The zero-order valence-corrected chi connectivity index (χ0v) is 50.7. The SMILES string of the molecule is Cc1ccc(C)c2c1C=C[CH]2[Hf+2]([CH]1C=Cc2c(C)ccc(C)c21)[SiH](C)C.Cc1ccc(C)c2c1C=C[CH]2[Hf]([CH]1C=Cc2c(C)ccc(C)c21)([Si](C)(C)C)[Si](C)(C)C.[Cl-].[Cl-]. The van der Waals surface area contributed by atoms with Crippen LogP contribution in [-0.2, 0) is 38.9 Å². The standard InChI is InChI=1S/4C11H11.2C3H9Si.C2H7Si.2ClH.2Hf/c4*1-8-6-7-9(2)11-5-3-4-10(8)11;2*1-4(2)3;1-3-2;;;;/h4*3-7H,1-2H3;2*1-3H3;3H,1-2H3;2*1H;;/q;;;;;;;;;;+2/p-2. The zero-order chi connectivity index (χ0) is 41.5. The number of rotatable bonds is 7. The van der Waals surface area contributed by atoms with Crippen molar-refractivity contribution in [3.05, 3.63) is 162 Å². The Labute approximate surface area is 384 Å². The molecule has 4 unspecified atom stereocenters. The van der Waals surface area contributed by atoms with Gasteiger partial charge in [-0.1, -0.05) is 0 Å². The van der Waals surface area contributed by atoms with Crippen LogP contribution >= 0.6 is 0 Å². The van der Waals surface area contributed by atoms with E-state index < -0.39 is 55.4 Å². The molecule has 0 N–H and O–H groups in total. The van der Waals surface area contributed by atoms with Gasteiger partial charge in [0.15, 0.2) is 0 Å². The number of aryl methyl sites for hydroxylation is 8. The van der Waals surface area contributed by atoms with Gasteiger partial charge in [0.2, 0.25) is 0 Å². The average molecular weight is 1210 g/mol. The maximum atomic E-state index is 2.75. The Morgan fingerprint density at radius 1 is 0.407 bits per heavy atom. The molecule has 0 aliphatic heterocycles. The van der Waals surface area contributed by atoms with Crippen LogP contribution in [0.2, 0.25) is 52.4 Å². The molecule has 4 aliphatic carbocycles. The molecule has 311 valence electrons. The minimum Gasteiger partial charge on any atom is -1.00 e. The second-order valence-electron chi connectivity index (χ2n) is 20.5. The van der Waals surface area contributed by atoms with Crippen molar-refractivity contribution in [1.29, 1.82) is 0 Å². The topological polar surface area (TPSA) is 0 Å². The van der Waals surface area contributed by atoms with Crippen LogP contribution in [0.3, 0.4) is 0 Å². The van der Waals surface area contributed by atoms with Gasteiger partial charge in [0.05, 0.1) is 0 Å². The minimum absolute atomic E-state index is 0. The maximum absolute atomic E-state index is 3.12. The summed E-state index contributed by atoms with van der Waals surface area (Å²) in [6.07, 6.45) is 20.6. The van der Waals surface area contributed by atoms with Gasteiger partial charge in [0, 0.05) is 0 Å². The van der Waals surface area contributed by atoms with Crippen molar-refractivity contribution in [1.82, 2.24) is 0 Å². The summed E-state index contributed by atoms with van der Waals surface area (Å²) in [4.78, 5) is 0. The Morgan fingerprint density at radius 2 is 0.661 bits per heavy atom. The van der Waals surface area contributed by atoms with E-state index in [1.807, 2.05) is 0 Å². The third-order valence-electron chi connectivity index (χ3n) is 14.8. The van der Waals surface area contributed by atoms with E-state index in [4.69, 9.17) is 0 Å². The summed E-state index contributed by atoms with van der Waals surface area (Å²) in [6.45, 7) is 40.4. The van der Waals surface area contributed by atoms with Crippen LogP contribution in [0, 0.1) is 55.4 Å². The first-order valence-electron chi connectivity index (χ1n) is 21.7. The van der Waals surface area contributed by atoms with E-state index in [9.17, 15) is 0 Å². The Bertz CT molecular complexity index is 2230. The Kier molecular flexibility index (Phi) is 15.0. The fraction of sp³-hybridized carbons (Fsp3) is 0.385. The molecule has 0 fully saturated rings. The summed E-state index contributed by atoms with van der Waals surface area (Å²) in [7, 11) is 0. The van der Waals surface area contributed by atoms with E-state index in [0.29, 0.717) is 0 Å². The van der Waals surface area contributed by atoms with Crippen molar-refractivity contribution in [2.75, 3.05) is 0 Å². The molecular formula is C52H69Cl2Hf2Si3. The van der Waals surface area contributed by atoms with E-state index in [0.717, 1.165) is 14.7 Å². The Morgan fingerprint density at radius 3 is 0.949 bits per heavy atom. The van der Waals surface area contributed by atoms with Gasteiger partial charge in [0.25, 0.3) is 0 Å². The summed E-state index contributed by atoms with van der Waals surface area (Å²) in [6, 6.07) is 18.8. The zero-order valence-electron chi connectivity index (χ0n) is 38.9. The van der Waals surface area contributed by atoms with Gasteiger partial charge in [-0.15, -0.1) is 0 Å². The van der Waals surface area contributed by atoms with Crippen molar-refractivity contribution >= 4 is 40.8 Å². The smallest absolute Gasteiger partial charge is 1.00 e. The normalized spacial score (nSPS) is 19.5. The van der Waals surface area contributed by atoms with Crippen LogP contribution in [0.5, 0.6) is 0 Å². The molecule has 0 saturated carbocycles. The second-order valence-corrected chi connectivity index (χ2v) is 118. The third kappa shape index (κ3) is 8.14. The molecular weight excluding hydrogens is 1140 g/mol. The predicted octanol–water partition coefficient (Wildman–Crippen LogP) is 8.95. The molecule has 0 amide bonds. The van der Waals surface area contributed by atoms with E-state index in [-0.39, 0.29) is 24.8 Å². The molecule has 8 rings (SSSR count). The summed E-state index contributed by atoms with van der Waals surface area (Å²) >= 11 is -5.07. The van der Waals surface area contributed by atoms with Crippen molar-refractivity contribution in [3.63, 3.8) is 0 Å². The molecule has 7 heteroatoms. The molecule has 0 spiro atoms. The maximum Gasteiger partial charge on any atom is -1.00 e. The quantitative estimate of drug-likeness (QED) is 0.162. The van der Waals surface area contributed by atoms with Crippen LogP contribution in [0.1, 0.15) is 104 Å². The van der Waals surface area contributed by atoms with Gasteiger partial charge in [0.1, 0.15) is 0 Å². The minimum atomic E-state index is -3.12. The first-order chi connectivity index (χ1) is 26.7. The number of fused-ring (bicyclic) bond motifs is 4. The van der Waals surface area contributed by atoms with E-state index in [1.165, 1.54) is 55.6 Å². The molecule has 59 heavy (non-hydrogen) atoms. The average Bonchev–Trinajstić information content (AvgIpc) is 3.94. The molecule has 0 saturated heterocycles. The molecule has 0 radical (unpaired) electrons. The number of halogens is 2. The van der Waals surface area contributed by atoms with Gasteiger partial charge >= 0.3 is 364 Å². The first kappa shape index (κ1) is 48.8. The Balaban J connectivity index is 0.000000220. The summed E-state index contributed by atoms with van der Waals surface area (Å²) < 4.78 is 3.01. The number of hydrogen-bond acceptors (Lipinski definition) is 0. The van der Waals surface area contributed by atoms with Crippen molar-refractivity contribution in [2.45, 2.75) is 122 Å². The van der Waals surface area contributed by atoms with Crippen LogP contribution in [-0.4, -0.2) is 16.5 Å². The van der Waals surface area contributed by atoms with Crippen molar-refractivity contribution in [2.24, 2.45) is 0 Å². The largest absolute Gasteiger partial charge is 1.00 e. The number of benzene rings is 4.